The Kier molecular flexibility index (Phi) is 6.96. The van der Waals surface area contributed by atoms with Crippen LogP contribution in [0.1, 0.15) is 22.4 Å². The van der Waals surface area contributed by atoms with Gasteiger partial charge in [0.25, 0.3) is 0 Å². The predicted octanol–water partition coefficient (Wildman–Crippen LogP) is 4.20. The van der Waals surface area contributed by atoms with Gasteiger partial charge in [-0.3, -0.25) is 4.90 Å². The Morgan fingerprint density at radius 1 is 1.04 bits per heavy atom. The third-order valence-electron chi connectivity index (χ3n) is 4.65. The summed E-state index contributed by atoms with van der Waals surface area (Å²) in [6.07, 6.45) is 2.05. The van der Waals surface area contributed by atoms with Crippen LogP contribution in [-0.4, -0.2) is 29.7 Å². The Bertz CT molecular complexity index is 928. The van der Waals surface area contributed by atoms with E-state index in [0.29, 0.717) is 18.7 Å². The Balaban J connectivity index is 1.73. The third-order valence-corrected chi connectivity index (χ3v) is 4.65. The SMILES string of the molecule is COCCN(Cc1cccc(C#N)c1)Cc1cccn1Cc1ccc(F)cc1. The molecule has 28 heavy (non-hydrogen) atoms. The summed E-state index contributed by atoms with van der Waals surface area (Å²) in [5.74, 6) is -0.221. The number of aromatic nitrogens is 1. The molecule has 0 radical (unpaired) electrons. The molecule has 0 amide bonds. The van der Waals surface area contributed by atoms with Gasteiger partial charge in [-0.25, -0.2) is 4.39 Å². The Morgan fingerprint density at radius 3 is 2.61 bits per heavy atom. The molecule has 3 aromatic rings. The number of nitriles is 1. The highest BCUT2D eigenvalue weighted by molar-refractivity contribution is 5.32. The summed E-state index contributed by atoms with van der Waals surface area (Å²) >= 11 is 0. The van der Waals surface area contributed by atoms with E-state index in [-0.39, 0.29) is 5.82 Å². The van der Waals surface area contributed by atoms with Crippen LogP contribution >= 0.6 is 0 Å². The summed E-state index contributed by atoms with van der Waals surface area (Å²) in [5.41, 5.74) is 4.01. The molecule has 0 spiro atoms. The fourth-order valence-electron chi connectivity index (χ4n) is 3.19. The van der Waals surface area contributed by atoms with Crippen molar-refractivity contribution in [2.24, 2.45) is 0 Å². The highest BCUT2D eigenvalue weighted by atomic mass is 19.1. The van der Waals surface area contributed by atoms with Gasteiger partial charge in [-0.2, -0.15) is 5.26 Å². The first-order valence-electron chi connectivity index (χ1n) is 9.26. The molecular weight excluding hydrogens is 353 g/mol. The van der Waals surface area contributed by atoms with E-state index >= 15 is 0 Å². The van der Waals surface area contributed by atoms with Crippen molar-refractivity contribution in [1.82, 2.24) is 9.47 Å². The zero-order valence-corrected chi connectivity index (χ0v) is 16.0. The van der Waals surface area contributed by atoms with Gasteiger partial charge in [0.2, 0.25) is 0 Å². The van der Waals surface area contributed by atoms with Crippen molar-refractivity contribution >= 4 is 0 Å². The number of hydrogen-bond acceptors (Lipinski definition) is 3. The molecule has 0 aliphatic heterocycles. The first-order valence-corrected chi connectivity index (χ1v) is 9.26. The van der Waals surface area contributed by atoms with E-state index in [4.69, 9.17) is 10.00 Å². The summed E-state index contributed by atoms with van der Waals surface area (Å²) < 4.78 is 20.6. The molecular formula is C23H24FN3O. The molecule has 2 aromatic carbocycles. The zero-order valence-electron chi connectivity index (χ0n) is 16.0. The van der Waals surface area contributed by atoms with E-state index in [9.17, 15) is 4.39 Å². The molecule has 1 heterocycles. The summed E-state index contributed by atoms with van der Waals surface area (Å²) in [4.78, 5) is 2.30. The number of halogens is 1. The van der Waals surface area contributed by atoms with Crippen LogP contribution in [0.2, 0.25) is 0 Å². The molecule has 4 nitrogen and oxygen atoms in total. The number of methoxy groups -OCH3 is 1. The molecule has 0 bridgehead atoms. The second kappa shape index (κ2) is 9.84. The van der Waals surface area contributed by atoms with Crippen molar-refractivity contribution in [2.45, 2.75) is 19.6 Å². The van der Waals surface area contributed by atoms with Gasteiger partial charge in [-0.05, 0) is 47.5 Å². The molecule has 0 aliphatic rings. The van der Waals surface area contributed by atoms with Crippen molar-refractivity contribution in [3.8, 4) is 6.07 Å². The first-order chi connectivity index (χ1) is 13.7. The van der Waals surface area contributed by atoms with E-state index < -0.39 is 0 Å². The van der Waals surface area contributed by atoms with Gasteiger partial charge in [0.1, 0.15) is 5.82 Å². The Morgan fingerprint density at radius 2 is 1.86 bits per heavy atom. The van der Waals surface area contributed by atoms with Gasteiger partial charge in [0.05, 0.1) is 18.2 Å². The Labute approximate surface area is 165 Å². The van der Waals surface area contributed by atoms with E-state index in [1.54, 1.807) is 7.11 Å². The van der Waals surface area contributed by atoms with Gasteiger partial charge in [-0.1, -0.05) is 24.3 Å². The molecule has 0 fully saturated rings. The predicted molar refractivity (Wildman–Crippen MR) is 107 cm³/mol. The molecule has 1 aromatic heterocycles. The van der Waals surface area contributed by atoms with Crippen molar-refractivity contribution in [3.63, 3.8) is 0 Å². The quantitative estimate of drug-likeness (QED) is 0.561. The normalized spacial score (nSPS) is 10.9. The van der Waals surface area contributed by atoms with Crippen LogP contribution < -0.4 is 0 Å². The second-order valence-corrected chi connectivity index (χ2v) is 6.77. The summed E-state index contributed by atoms with van der Waals surface area (Å²) in [6, 6.07) is 20.6. The largest absolute Gasteiger partial charge is 0.383 e. The highest BCUT2D eigenvalue weighted by Gasteiger charge is 2.11. The maximum atomic E-state index is 13.2. The topological polar surface area (TPSA) is 41.2 Å². The van der Waals surface area contributed by atoms with Crippen LogP contribution in [-0.2, 0) is 24.4 Å². The number of ether oxygens (including phenoxy) is 1. The lowest BCUT2D eigenvalue weighted by atomic mass is 10.1. The van der Waals surface area contributed by atoms with E-state index in [1.807, 2.05) is 48.7 Å². The lowest BCUT2D eigenvalue weighted by molar-refractivity contribution is 0.138. The second-order valence-electron chi connectivity index (χ2n) is 6.77. The highest BCUT2D eigenvalue weighted by Crippen LogP contribution is 2.14. The van der Waals surface area contributed by atoms with Crippen LogP contribution in [0.25, 0.3) is 0 Å². The zero-order chi connectivity index (χ0) is 19.8. The van der Waals surface area contributed by atoms with E-state index in [1.165, 1.54) is 17.8 Å². The minimum Gasteiger partial charge on any atom is -0.383 e. The third kappa shape index (κ3) is 5.53. The number of rotatable bonds is 9. The lowest BCUT2D eigenvalue weighted by Crippen LogP contribution is -2.27. The number of nitrogens with zero attached hydrogens (tertiary/aromatic N) is 3. The molecule has 0 N–H and O–H groups in total. The number of benzene rings is 2. The molecule has 3 rings (SSSR count). The van der Waals surface area contributed by atoms with Crippen LogP contribution in [0.3, 0.4) is 0 Å². The molecule has 0 unspecified atom stereocenters. The Hall–Kier alpha value is -2.94. The molecule has 144 valence electrons. The van der Waals surface area contributed by atoms with Gasteiger partial charge in [0.15, 0.2) is 0 Å². The van der Waals surface area contributed by atoms with Crippen molar-refractivity contribution in [2.75, 3.05) is 20.3 Å². The summed E-state index contributed by atoms with van der Waals surface area (Å²) in [6.45, 7) is 3.62. The minimum atomic E-state index is -0.221. The van der Waals surface area contributed by atoms with E-state index in [2.05, 4.69) is 21.6 Å². The average Bonchev–Trinajstić information content (AvgIpc) is 3.14. The fraction of sp³-hybridized carbons (Fsp3) is 0.261. The lowest BCUT2D eigenvalue weighted by Gasteiger charge is -2.23. The van der Waals surface area contributed by atoms with Crippen molar-refractivity contribution < 1.29 is 9.13 Å². The summed E-state index contributed by atoms with van der Waals surface area (Å²) in [7, 11) is 1.70. The standard InChI is InChI=1S/C23H24FN3O/c1-28-13-12-26(16-21-5-2-4-20(14-21)15-25)18-23-6-3-11-27(23)17-19-7-9-22(24)10-8-19/h2-11,14H,12-13,16-18H2,1H3. The molecule has 5 heteroatoms. The number of hydrogen-bond donors (Lipinski definition) is 0. The average molecular weight is 377 g/mol. The van der Waals surface area contributed by atoms with Crippen LogP contribution in [0.5, 0.6) is 0 Å². The first kappa shape index (κ1) is 19.8. The van der Waals surface area contributed by atoms with Crippen LogP contribution in [0.4, 0.5) is 4.39 Å². The van der Waals surface area contributed by atoms with Gasteiger partial charge >= 0.3 is 0 Å². The van der Waals surface area contributed by atoms with Crippen molar-refractivity contribution in [3.05, 3.63) is 95.1 Å². The van der Waals surface area contributed by atoms with Crippen LogP contribution in [0.15, 0.2) is 66.9 Å². The molecule has 0 saturated heterocycles. The maximum Gasteiger partial charge on any atom is 0.123 e. The molecule has 0 atom stereocenters. The van der Waals surface area contributed by atoms with Gasteiger partial charge in [-0.15, -0.1) is 0 Å². The van der Waals surface area contributed by atoms with Crippen LogP contribution in [0, 0.1) is 17.1 Å². The molecule has 0 saturated carbocycles. The summed E-state index contributed by atoms with van der Waals surface area (Å²) in [5, 5.41) is 9.13. The smallest absolute Gasteiger partial charge is 0.123 e. The van der Waals surface area contributed by atoms with Gasteiger partial charge in [0, 0.05) is 45.2 Å². The van der Waals surface area contributed by atoms with Gasteiger partial charge < -0.3 is 9.30 Å². The minimum absolute atomic E-state index is 0.221. The fourth-order valence-corrected chi connectivity index (χ4v) is 3.19. The monoisotopic (exact) mass is 377 g/mol. The maximum absolute atomic E-state index is 13.2. The molecule has 0 aliphatic carbocycles. The van der Waals surface area contributed by atoms with E-state index in [0.717, 1.165) is 30.8 Å². The van der Waals surface area contributed by atoms with Crippen molar-refractivity contribution in [1.29, 1.82) is 5.26 Å².